The highest BCUT2D eigenvalue weighted by molar-refractivity contribution is 6.30. The third kappa shape index (κ3) is 3.32. The Balaban J connectivity index is 1.99. The lowest BCUT2D eigenvalue weighted by Gasteiger charge is -2.31. The molecule has 0 N–H and O–H groups in total. The summed E-state index contributed by atoms with van der Waals surface area (Å²) in [5.74, 6) is 1.40. The molecule has 1 heterocycles. The zero-order valence-corrected chi connectivity index (χ0v) is 11.9. The number of alkyl halides is 1. The van der Waals surface area contributed by atoms with E-state index in [-0.39, 0.29) is 12.0 Å². The first-order chi connectivity index (χ1) is 9.11. The summed E-state index contributed by atoms with van der Waals surface area (Å²) in [4.78, 5) is 13.6. The molecule has 4 nitrogen and oxygen atoms in total. The summed E-state index contributed by atoms with van der Waals surface area (Å²) in [6.07, 6.45) is -0.158. The van der Waals surface area contributed by atoms with E-state index in [1.54, 1.807) is 11.8 Å². The molecule has 2 atom stereocenters. The average Bonchev–Trinajstić information content (AvgIpc) is 2.43. The van der Waals surface area contributed by atoms with E-state index in [9.17, 15) is 4.79 Å². The van der Waals surface area contributed by atoms with Gasteiger partial charge in [-0.15, -0.1) is 11.6 Å². The van der Waals surface area contributed by atoms with E-state index in [1.807, 2.05) is 31.2 Å². The number of rotatable bonds is 4. The van der Waals surface area contributed by atoms with E-state index in [2.05, 4.69) is 0 Å². The third-order valence-electron chi connectivity index (χ3n) is 3.03. The maximum atomic E-state index is 11.9. The van der Waals surface area contributed by atoms with Crippen LogP contribution in [0.25, 0.3) is 0 Å². The fourth-order valence-corrected chi connectivity index (χ4v) is 2.16. The van der Waals surface area contributed by atoms with Gasteiger partial charge in [-0.05, 0) is 26.0 Å². The average molecular weight is 284 g/mol. The number of benzene rings is 1. The number of amides is 1. The minimum atomic E-state index is -0.517. The smallest absolute Gasteiger partial charge is 0.240 e. The second-order valence-electron chi connectivity index (χ2n) is 4.49. The molecule has 0 aliphatic carbocycles. The quantitative estimate of drug-likeness (QED) is 0.796. The number of hydrogen-bond donors (Lipinski definition) is 0. The minimum absolute atomic E-state index is 0.0772. The van der Waals surface area contributed by atoms with Crippen LogP contribution in [0.2, 0.25) is 0 Å². The Bertz CT molecular complexity index is 450. The summed E-state index contributed by atoms with van der Waals surface area (Å²) in [7, 11) is 0. The van der Waals surface area contributed by atoms with Crippen LogP contribution in [0.15, 0.2) is 24.3 Å². The standard InChI is InChI=1S/C14H18ClNO3/c1-3-16(14(17)10(2)15)8-11-9-18-12-6-4-5-7-13(12)19-11/h4-7,10-11H,3,8-9H2,1-2H3. The van der Waals surface area contributed by atoms with Crippen LogP contribution in [0.4, 0.5) is 0 Å². The van der Waals surface area contributed by atoms with Gasteiger partial charge in [-0.1, -0.05) is 12.1 Å². The van der Waals surface area contributed by atoms with Crippen LogP contribution in [0.1, 0.15) is 13.8 Å². The number of nitrogens with zero attached hydrogens (tertiary/aromatic N) is 1. The van der Waals surface area contributed by atoms with Gasteiger partial charge >= 0.3 is 0 Å². The number of fused-ring (bicyclic) bond motifs is 1. The van der Waals surface area contributed by atoms with Crippen molar-refractivity contribution in [3.05, 3.63) is 24.3 Å². The second kappa shape index (κ2) is 6.15. The molecule has 1 aromatic carbocycles. The van der Waals surface area contributed by atoms with Gasteiger partial charge in [-0.25, -0.2) is 0 Å². The molecule has 19 heavy (non-hydrogen) atoms. The molecule has 1 aromatic rings. The van der Waals surface area contributed by atoms with Crippen LogP contribution in [-0.4, -0.2) is 42.0 Å². The van der Waals surface area contributed by atoms with Gasteiger partial charge < -0.3 is 14.4 Å². The number of likely N-dealkylation sites (N-methyl/N-ethyl adjacent to an activating group) is 1. The van der Waals surface area contributed by atoms with E-state index < -0.39 is 5.38 Å². The SMILES string of the molecule is CCN(CC1COc2ccccc2O1)C(=O)C(C)Cl. The molecule has 1 aliphatic rings. The summed E-state index contributed by atoms with van der Waals surface area (Å²) in [5, 5.41) is -0.517. The van der Waals surface area contributed by atoms with E-state index in [4.69, 9.17) is 21.1 Å². The molecule has 0 spiro atoms. The van der Waals surface area contributed by atoms with E-state index in [0.717, 1.165) is 11.5 Å². The fourth-order valence-electron chi connectivity index (χ4n) is 2.03. The minimum Gasteiger partial charge on any atom is -0.486 e. The molecule has 0 saturated carbocycles. The van der Waals surface area contributed by atoms with Crippen LogP contribution < -0.4 is 9.47 Å². The number of halogens is 1. The van der Waals surface area contributed by atoms with Crippen molar-refractivity contribution in [3.63, 3.8) is 0 Å². The molecule has 0 saturated heterocycles. The first kappa shape index (κ1) is 14.0. The molecule has 2 unspecified atom stereocenters. The maximum Gasteiger partial charge on any atom is 0.240 e. The highest BCUT2D eigenvalue weighted by Crippen LogP contribution is 2.31. The highest BCUT2D eigenvalue weighted by Gasteiger charge is 2.26. The molecule has 5 heteroatoms. The Kier molecular flexibility index (Phi) is 4.53. The molecule has 0 radical (unpaired) electrons. The largest absolute Gasteiger partial charge is 0.486 e. The predicted octanol–water partition coefficient (Wildman–Crippen LogP) is 2.30. The monoisotopic (exact) mass is 283 g/mol. The number of hydrogen-bond acceptors (Lipinski definition) is 3. The molecule has 1 amide bonds. The Morgan fingerprint density at radius 3 is 2.79 bits per heavy atom. The zero-order valence-electron chi connectivity index (χ0n) is 11.1. The predicted molar refractivity (Wildman–Crippen MR) is 73.9 cm³/mol. The Morgan fingerprint density at radius 1 is 1.47 bits per heavy atom. The van der Waals surface area contributed by atoms with Crippen LogP contribution in [0.5, 0.6) is 11.5 Å². The first-order valence-electron chi connectivity index (χ1n) is 6.43. The summed E-state index contributed by atoms with van der Waals surface area (Å²) < 4.78 is 11.5. The van der Waals surface area contributed by atoms with Gasteiger partial charge in [0.05, 0.1) is 6.54 Å². The number of para-hydroxylation sites is 2. The molecular weight excluding hydrogens is 266 g/mol. The number of carbonyl (C=O) groups is 1. The van der Waals surface area contributed by atoms with Crippen molar-refractivity contribution < 1.29 is 14.3 Å². The Hall–Kier alpha value is -1.42. The van der Waals surface area contributed by atoms with Crippen molar-refractivity contribution in [1.82, 2.24) is 4.90 Å². The molecule has 0 aromatic heterocycles. The maximum absolute atomic E-state index is 11.9. The molecule has 104 valence electrons. The van der Waals surface area contributed by atoms with Crippen molar-refractivity contribution >= 4 is 17.5 Å². The van der Waals surface area contributed by atoms with Crippen molar-refractivity contribution in [2.24, 2.45) is 0 Å². The van der Waals surface area contributed by atoms with Crippen molar-refractivity contribution in [3.8, 4) is 11.5 Å². The highest BCUT2D eigenvalue weighted by atomic mass is 35.5. The van der Waals surface area contributed by atoms with E-state index >= 15 is 0 Å². The normalized spacial score (nSPS) is 18.8. The zero-order chi connectivity index (χ0) is 13.8. The molecular formula is C14H18ClNO3. The summed E-state index contributed by atoms with van der Waals surface area (Å²) in [6, 6.07) is 7.53. The third-order valence-corrected chi connectivity index (χ3v) is 3.21. The molecule has 0 fully saturated rings. The van der Waals surface area contributed by atoms with Crippen LogP contribution >= 0.6 is 11.6 Å². The van der Waals surface area contributed by atoms with E-state index in [1.165, 1.54) is 0 Å². The summed E-state index contributed by atoms with van der Waals surface area (Å²) in [5.41, 5.74) is 0. The number of carbonyl (C=O) groups excluding carboxylic acids is 1. The van der Waals surface area contributed by atoms with Gasteiger partial charge in [0.2, 0.25) is 5.91 Å². The lowest BCUT2D eigenvalue weighted by molar-refractivity contribution is -0.131. The lowest BCUT2D eigenvalue weighted by Crippen LogP contribution is -2.45. The van der Waals surface area contributed by atoms with Crippen molar-refractivity contribution in [2.45, 2.75) is 25.3 Å². The first-order valence-corrected chi connectivity index (χ1v) is 6.86. The van der Waals surface area contributed by atoms with Crippen LogP contribution in [0, 0.1) is 0 Å². The van der Waals surface area contributed by atoms with Crippen LogP contribution in [-0.2, 0) is 4.79 Å². The van der Waals surface area contributed by atoms with Crippen molar-refractivity contribution in [1.29, 1.82) is 0 Å². The van der Waals surface area contributed by atoms with Gasteiger partial charge in [0.25, 0.3) is 0 Å². The van der Waals surface area contributed by atoms with Gasteiger partial charge in [-0.3, -0.25) is 4.79 Å². The second-order valence-corrected chi connectivity index (χ2v) is 5.15. The van der Waals surface area contributed by atoms with Crippen LogP contribution in [0.3, 0.4) is 0 Å². The van der Waals surface area contributed by atoms with Crippen molar-refractivity contribution in [2.75, 3.05) is 19.7 Å². The van der Waals surface area contributed by atoms with Gasteiger partial charge in [0.1, 0.15) is 12.0 Å². The summed E-state index contributed by atoms with van der Waals surface area (Å²) >= 11 is 5.84. The Labute approximate surface area is 118 Å². The topological polar surface area (TPSA) is 38.8 Å². The number of ether oxygens (including phenoxy) is 2. The van der Waals surface area contributed by atoms with Gasteiger partial charge in [-0.2, -0.15) is 0 Å². The lowest BCUT2D eigenvalue weighted by atomic mass is 10.2. The van der Waals surface area contributed by atoms with Gasteiger partial charge in [0, 0.05) is 6.54 Å². The summed E-state index contributed by atoms with van der Waals surface area (Å²) in [6.45, 7) is 5.14. The fraction of sp³-hybridized carbons (Fsp3) is 0.500. The molecule has 2 rings (SSSR count). The Morgan fingerprint density at radius 2 is 2.16 bits per heavy atom. The molecule has 0 bridgehead atoms. The molecule has 1 aliphatic heterocycles. The van der Waals surface area contributed by atoms with E-state index in [0.29, 0.717) is 19.7 Å². The van der Waals surface area contributed by atoms with Gasteiger partial charge in [0.15, 0.2) is 17.6 Å².